The second-order valence-electron chi connectivity index (χ2n) is 11.0. The SMILES string of the molecule is O=C(O)c1cccc(CN2CCC(c3c(C(=O)N4CCC(c5ccccc5)C4)cnn3-c3ccc(Cl)cc3)CC2)c1. The zero-order valence-corrected chi connectivity index (χ0v) is 23.6. The van der Waals surface area contributed by atoms with Crippen LogP contribution in [-0.4, -0.2) is 62.7 Å². The molecule has 0 saturated carbocycles. The molecule has 41 heavy (non-hydrogen) atoms. The van der Waals surface area contributed by atoms with E-state index >= 15 is 0 Å². The van der Waals surface area contributed by atoms with Crippen molar-refractivity contribution in [3.8, 4) is 5.69 Å². The monoisotopic (exact) mass is 568 g/mol. The van der Waals surface area contributed by atoms with Gasteiger partial charge in [-0.2, -0.15) is 5.10 Å². The van der Waals surface area contributed by atoms with Gasteiger partial charge in [-0.25, -0.2) is 9.48 Å². The first-order chi connectivity index (χ1) is 20.0. The quantitative estimate of drug-likeness (QED) is 0.286. The van der Waals surface area contributed by atoms with E-state index in [1.807, 2.05) is 46.0 Å². The highest BCUT2D eigenvalue weighted by molar-refractivity contribution is 6.30. The third-order valence-electron chi connectivity index (χ3n) is 8.41. The average molecular weight is 569 g/mol. The second kappa shape index (κ2) is 11.9. The summed E-state index contributed by atoms with van der Waals surface area (Å²) in [5.74, 6) is -0.350. The Balaban J connectivity index is 1.22. The molecular formula is C33H33ClN4O3. The first-order valence-electron chi connectivity index (χ1n) is 14.2. The summed E-state index contributed by atoms with van der Waals surface area (Å²) in [5.41, 5.74) is 5.12. The van der Waals surface area contributed by atoms with Gasteiger partial charge in [0.15, 0.2) is 0 Å². The number of rotatable bonds is 7. The summed E-state index contributed by atoms with van der Waals surface area (Å²) in [4.78, 5) is 29.7. The molecule has 1 unspecified atom stereocenters. The van der Waals surface area contributed by atoms with E-state index in [2.05, 4.69) is 29.2 Å². The van der Waals surface area contributed by atoms with Crippen LogP contribution in [0.25, 0.3) is 5.69 Å². The Morgan fingerprint density at radius 3 is 2.34 bits per heavy atom. The van der Waals surface area contributed by atoms with Gasteiger partial charge in [0.1, 0.15) is 0 Å². The van der Waals surface area contributed by atoms with Gasteiger partial charge in [-0.15, -0.1) is 0 Å². The fourth-order valence-electron chi connectivity index (χ4n) is 6.24. The Labute approximate surface area is 245 Å². The number of aromatic carboxylic acids is 1. The molecule has 2 aliphatic heterocycles. The average Bonchev–Trinajstić information content (AvgIpc) is 3.67. The van der Waals surface area contributed by atoms with Crippen molar-refractivity contribution >= 4 is 23.5 Å². The van der Waals surface area contributed by atoms with Gasteiger partial charge < -0.3 is 10.0 Å². The molecule has 0 radical (unpaired) electrons. The van der Waals surface area contributed by atoms with Crippen LogP contribution >= 0.6 is 11.6 Å². The molecule has 0 spiro atoms. The predicted octanol–water partition coefficient (Wildman–Crippen LogP) is 6.23. The zero-order valence-electron chi connectivity index (χ0n) is 22.8. The summed E-state index contributed by atoms with van der Waals surface area (Å²) in [6.07, 6.45) is 4.46. The lowest BCUT2D eigenvalue weighted by molar-refractivity contribution is 0.0695. The molecule has 210 valence electrons. The fourth-order valence-corrected chi connectivity index (χ4v) is 6.37. The number of likely N-dealkylation sites (tertiary alicyclic amines) is 2. The molecule has 0 aliphatic carbocycles. The summed E-state index contributed by atoms with van der Waals surface area (Å²) < 4.78 is 1.92. The predicted molar refractivity (Wildman–Crippen MR) is 159 cm³/mol. The number of aromatic nitrogens is 2. The summed E-state index contributed by atoms with van der Waals surface area (Å²) in [6.45, 7) is 3.84. The standard InChI is InChI=1S/C33H33ClN4O3/c34-28-9-11-29(12-10-28)38-31(25-13-16-36(17-14-25)21-23-5-4-8-26(19-23)33(40)41)30(20-35-38)32(39)37-18-15-27(22-37)24-6-2-1-3-7-24/h1-12,19-20,25,27H,13-18,21-22H2,(H,40,41). The van der Waals surface area contributed by atoms with Gasteiger partial charge in [-0.1, -0.05) is 54.1 Å². The first-order valence-corrected chi connectivity index (χ1v) is 14.6. The van der Waals surface area contributed by atoms with Crippen LogP contribution in [0.1, 0.15) is 68.6 Å². The minimum absolute atomic E-state index is 0.0477. The van der Waals surface area contributed by atoms with E-state index in [4.69, 9.17) is 16.7 Å². The number of nitrogens with zero attached hydrogens (tertiary/aromatic N) is 4. The molecule has 3 heterocycles. The number of hydrogen-bond acceptors (Lipinski definition) is 4. The summed E-state index contributed by atoms with van der Waals surface area (Å²) >= 11 is 6.17. The highest BCUT2D eigenvalue weighted by Gasteiger charge is 2.34. The van der Waals surface area contributed by atoms with E-state index in [-0.39, 0.29) is 11.8 Å². The van der Waals surface area contributed by atoms with Crippen molar-refractivity contribution in [1.82, 2.24) is 19.6 Å². The topological polar surface area (TPSA) is 78.7 Å². The summed E-state index contributed by atoms with van der Waals surface area (Å²) in [7, 11) is 0. The second-order valence-corrected chi connectivity index (χ2v) is 11.5. The molecule has 2 aliphatic rings. The van der Waals surface area contributed by atoms with Gasteiger partial charge in [-0.05, 0) is 79.9 Å². The molecule has 4 aromatic rings. The van der Waals surface area contributed by atoms with Crippen molar-refractivity contribution in [2.24, 2.45) is 0 Å². The molecule has 2 fully saturated rings. The van der Waals surface area contributed by atoms with Crippen molar-refractivity contribution < 1.29 is 14.7 Å². The van der Waals surface area contributed by atoms with Gasteiger partial charge in [0.2, 0.25) is 0 Å². The molecule has 3 aromatic carbocycles. The van der Waals surface area contributed by atoms with Crippen LogP contribution in [0.15, 0.2) is 85.1 Å². The van der Waals surface area contributed by atoms with Crippen LogP contribution in [0.3, 0.4) is 0 Å². The Morgan fingerprint density at radius 1 is 0.878 bits per heavy atom. The van der Waals surface area contributed by atoms with Crippen molar-refractivity contribution in [1.29, 1.82) is 0 Å². The number of halogens is 1. The van der Waals surface area contributed by atoms with Gasteiger partial charge in [0, 0.05) is 36.5 Å². The number of benzene rings is 3. The first kappa shape index (κ1) is 27.2. The van der Waals surface area contributed by atoms with Crippen LogP contribution in [0, 0.1) is 0 Å². The summed E-state index contributed by atoms with van der Waals surface area (Å²) in [6, 6.07) is 25.2. The van der Waals surface area contributed by atoms with E-state index in [0.29, 0.717) is 35.2 Å². The lowest BCUT2D eigenvalue weighted by atomic mass is 9.90. The maximum Gasteiger partial charge on any atom is 0.335 e. The Bertz CT molecular complexity index is 1530. The number of carboxylic acids is 1. The molecular weight excluding hydrogens is 536 g/mol. The van der Waals surface area contributed by atoms with Crippen molar-refractivity contribution in [2.75, 3.05) is 26.2 Å². The van der Waals surface area contributed by atoms with E-state index in [1.54, 1.807) is 24.4 Å². The highest BCUT2D eigenvalue weighted by atomic mass is 35.5. The third-order valence-corrected chi connectivity index (χ3v) is 8.66. The molecule has 8 heteroatoms. The van der Waals surface area contributed by atoms with Gasteiger partial charge in [-0.3, -0.25) is 9.69 Å². The number of piperidine rings is 1. The van der Waals surface area contributed by atoms with Crippen molar-refractivity contribution in [3.63, 3.8) is 0 Å². The Kier molecular flexibility index (Phi) is 7.90. The minimum atomic E-state index is -0.911. The maximum atomic E-state index is 14.0. The Morgan fingerprint density at radius 2 is 1.61 bits per heavy atom. The van der Waals surface area contributed by atoms with E-state index in [0.717, 1.165) is 55.8 Å². The smallest absolute Gasteiger partial charge is 0.335 e. The van der Waals surface area contributed by atoms with Crippen LogP contribution in [0.2, 0.25) is 5.02 Å². The normalized spacial score (nSPS) is 18.1. The van der Waals surface area contributed by atoms with Crippen LogP contribution < -0.4 is 0 Å². The molecule has 1 amide bonds. The van der Waals surface area contributed by atoms with Crippen LogP contribution in [0.5, 0.6) is 0 Å². The van der Waals surface area contributed by atoms with E-state index < -0.39 is 5.97 Å². The van der Waals surface area contributed by atoms with Crippen LogP contribution in [0.4, 0.5) is 0 Å². The number of hydrogen-bond donors (Lipinski definition) is 1. The molecule has 1 N–H and O–H groups in total. The largest absolute Gasteiger partial charge is 0.478 e. The Hall–Kier alpha value is -3.94. The van der Waals surface area contributed by atoms with Crippen molar-refractivity contribution in [3.05, 3.63) is 118 Å². The number of amides is 1. The van der Waals surface area contributed by atoms with Gasteiger partial charge >= 0.3 is 5.97 Å². The maximum absolute atomic E-state index is 14.0. The molecule has 2 saturated heterocycles. The highest BCUT2D eigenvalue weighted by Crippen LogP contribution is 2.35. The fraction of sp³-hybridized carbons (Fsp3) is 0.303. The van der Waals surface area contributed by atoms with Gasteiger partial charge in [0.05, 0.1) is 28.7 Å². The number of carbonyl (C=O) groups is 2. The van der Waals surface area contributed by atoms with Gasteiger partial charge in [0.25, 0.3) is 5.91 Å². The minimum Gasteiger partial charge on any atom is -0.478 e. The zero-order chi connectivity index (χ0) is 28.3. The van der Waals surface area contributed by atoms with Crippen molar-refractivity contribution in [2.45, 2.75) is 37.6 Å². The van der Waals surface area contributed by atoms with E-state index in [9.17, 15) is 14.7 Å². The molecule has 1 atom stereocenters. The summed E-state index contributed by atoms with van der Waals surface area (Å²) in [5, 5.41) is 14.7. The van der Waals surface area contributed by atoms with Crippen LogP contribution in [-0.2, 0) is 6.54 Å². The lowest BCUT2D eigenvalue weighted by Crippen LogP contribution is -2.34. The number of carboxylic acid groups (broad SMARTS) is 1. The molecule has 6 rings (SSSR count). The van der Waals surface area contributed by atoms with E-state index in [1.165, 1.54) is 5.56 Å². The molecule has 7 nitrogen and oxygen atoms in total. The molecule has 1 aromatic heterocycles. The lowest BCUT2D eigenvalue weighted by Gasteiger charge is -2.33. The number of carbonyl (C=O) groups excluding carboxylic acids is 1. The third kappa shape index (κ3) is 5.92. The molecule has 0 bridgehead atoms.